The highest BCUT2D eigenvalue weighted by Gasteiger charge is 2.24. The Morgan fingerprint density at radius 1 is 0.444 bits per heavy atom. The summed E-state index contributed by atoms with van der Waals surface area (Å²) in [6, 6.07) is 64.8. The summed E-state index contributed by atoms with van der Waals surface area (Å²) in [7, 11) is 0. The number of thiophene rings is 1. The van der Waals surface area contributed by atoms with E-state index in [0.717, 1.165) is 59.8 Å². The summed E-state index contributed by atoms with van der Waals surface area (Å²) in [6.45, 7) is 0. The minimum absolute atomic E-state index is 0.878. The molecule has 0 amide bonds. The number of para-hydroxylation sites is 1. The second kappa shape index (κ2) is 12.6. The molecule has 0 aliphatic rings. The Bertz CT molecular complexity index is 3160. The number of anilines is 3. The van der Waals surface area contributed by atoms with E-state index in [0.29, 0.717) is 0 Å². The van der Waals surface area contributed by atoms with E-state index in [1.165, 1.54) is 42.4 Å². The molecule has 0 aliphatic carbocycles. The van der Waals surface area contributed by atoms with Gasteiger partial charge in [0.05, 0.1) is 20.6 Å². The lowest BCUT2D eigenvalue weighted by Gasteiger charge is -2.27. The smallest absolute Gasteiger partial charge is 0.136 e. The normalized spacial score (nSPS) is 11.7. The molecule has 0 unspecified atom stereocenters. The van der Waals surface area contributed by atoms with Gasteiger partial charge in [-0.15, -0.1) is 22.7 Å². The van der Waals surface area contributed by atoms with E-state index in [9.17, 15) is 0 Å². The maximum Gasteiger partial charge on any atom is 0.136 e. The zero-order valence-electron chi connectivity index (χ0n) is 28.9. The summed E-state index contributed by atoms with van der Waals surface area (Å²) < 4.78 is 9.91. The first-order chi connectivity index (χ1) is 26.8. The fourth-order valence-corrected chi connectivity index (χ4v) is 10.1. The molecule has 0 bridgehead atoms. The number of furan rings is 1. The SMILES string of the molecule is c1ccc(-c2ccc(N(c3cccc(-c4ccccc4)c3)c3cc4sc(-c5cccc6oc7ccccc7c56)nc4c4c3sc3ccccc34)cc2)cc1. The zero-order chi connectivity index (χ0) is 35.6. The van der Waals surface area contributed by atoms with Crippen LogP contribution < -0.4 is 4.90 Å². The molecule has 0 aliphatic heterocycles. The van der Waals surface area contributed by atoms with Crippen LogP contribution in [-0.2, 0) is 0 Å². The van der Waals surface area contributed by atoms with Crippen molar-refractivity contribution in [2.75, 3.05) is 4.90 Å². The van der Waals surface area contributed by atoms with Gasteiger partial charge < -0.3 is 9.32 Å². The molecule has 11 rings (SSSR count). The molecular formula is C49H30N2OS2. The monoisotopic (exact) mass is 726 g/mol. The average Bonchev–Trinajstić information content (AvgIpc) is 3.96. The molecule has 3 aromatic heterocycles. The molecule has 11 aromatic rings. The number of hydrogen-bond acceptors (Lipinski definition) is 5. The van der Waals surface area contributed by atoms with Gasteiger partial charge in [0.1, 0.15) is 16.2 Å². The molecule has 3 heterocycles. The second-order valence-electron chi connectivity index (χ2n) is 13.5. The molecule has 0 saturated carbocycles. The quantitative estimate of drug-likeness (QED) is 0.171. The summed E-state index contributed by atoms with van der Waals surface area (Å²) in [5.74, 6) is 0. The number of rotatable bonds is 6. The van der Waals surface area contributed by atoms with Crippen molar-refractivity contribution in [2.24, 2.45) is 0 Å². The highest BCUT2D eigenvalue weighted by Crippen LogP contribution is 2.50. The lowest BCUT2D eigenvalue weighted by molar-refractivity contribution is 0.669. The van der Waals surface area contributed by atoms with E-state index in [-0.39, 0.29) is 0 Å². The zero-order valence-corrected chi connectivity index (χ0v) is 30.6. The third-order valence-electron chi connectivity index (χ3n) is 10.3. The van der Waals surface area contributed by atoms with E-state index >= 15 is 0 Å². The van der Waals surface area contributed by atoms with E-state index in [2.05, 4.69) is 175 Å². The number of hydrogen-bond donors (Lipinski definition) is 0. The van der Waals surface area contributed by atoms with Crippen LogP contribution in [0.4, 0.5) is 17.1 Å². The van der Waals surface area contributed by atoms with Crippen LogP contribution in [-0.4, -0.2) is 4.98 Å². The largest absolute Gasteiger partial charge is 0.456 e. The van der Waals surface area contributed by atoms with Gasteiger partial charge in [0.15, 0.2) is 0 Å². The Morgan fingerprint density at radius 3 is 1.91 bits per heavy atom. The highest BCUT2D eigenvalue weighted by molar-refractivity contribution is 7.27. The highest BCUT2D eigenvalue weighted by atomic mass is 32.1. The number of fused-ring (bicyclic) bond motifs is 8. The van der Waals surface area contributed by atoms with E-state index in [1.807, 2.05) is 23.5 Å². The van der Waals surface area contributed by atoms with Crippen LogP contribution in [0.1, 0.15) is 0 Å². The number of nitrogens with zero attached hydrogens (tertiary/aromatic N) is 2. The Balaban J connectivity index is 1.18. The molecule has 254 valence electrons. The van der Waals surface area contributed by atoms with Crippen LogP contribution in [0.25, 0.3) is 85.2 Å². The maximum atomic E-state index is 6.30. The number of benzene rings is 8. The Hall–Kier alpha value is -6.53. The van der Waals surface area contributed by atoms with Crippen LogP contribution in [0.3, 0.4) is 0 Å². The third-order valence-corrected chi connectivity index (χ3v) is 12.5. The molecule has 3 nitrogen and oxygen atoms in total. The van der Waals surface area contributed by atoms with E-state index in [4.69, 9.17) is 9.40 Å². The molecule has 0 spiro atoms. The second-order valence-corrected chi connectivity index (χ2v) is 15.6. The van der Waals surface area contributed by atoms with Crippen molar-refractivity contribution in [3.63, 3.8) is 0 Å². The molecular weight excluding hydrogens is 697 g/mol. The van der Waals surface area contributed by atoms with Crippen LogP contribution in [0, 0.1) is 0 Å². The Morgan fingerprint density at radius 2 is 1.09 bits per heavy atom. The van der Waals surface area contributed by atoms with Gasteiger partial charge in [-0.25, -0.2) is 4.98 Å². The molecule has 0 fully saturated rings. The summed E-state index contributed by atoms with van der Waals surface area (Å²) in [4.78, 5) is 7.91. The first-order valence-corrected chi connectivity index (χ1v) is 19.7. The van der Waals surface area contributed by atoms with Gasteiger partial charge in [-0.05, 0) is 70.8 Å². The predicted molar refractivity (Wildman–Crippen MR) is 231 cm³/mol. The molecule has 0 saturated heterocycles. The first kappa shape index (κ1) is 31.0. The fraction of sp³-hybridized carbons (Fsp3) is 0. The fourth-order valence-electron chi connectivity index (χ4n) is 7.81. The van der Waals surface area contributed by atoms with Crippen LogP contribution in [0.15, 0.2) is 186 Å². The van der Waals surface area contributed by atoms with E-state index < -0.39 is 0 Å². The van der Waals surface area contributed by atoms with Gasteiger partial charge in [0.2, 0.25) is 0 Å². The summed E-state index contributed by atoms with van der Waals surface area (Å²) >= 11 is 3.59. The molecule has 5 heteroatoms. The third kappa shape index (κ3) is 5.05. The van der Waals surface area contributed by atoms with Gasteiger partial charge in [-0.1, -0.05) is 133 Å². The van der Waals surface area contributed by atoms with Crippen molar-refractivity contribution in [2.45, 2.75) is 0 Å². The van der Waals surface area contributed by atoms with Crippen molar-refractivity contribution in [3.05, 3.63) is 182 Å². The lowest BCUT2D eigenvalue weighted by atomic mass is 10.0. The summed E-state index contributed by atoms with van der Waals surface area (Å²) in [5, 5.41) is 5.63. The summed E-state index contributed by atoms with van der Waals surface area (Å²) in [6.07, 6.45) is 0. The van der Waals surface area contributed by atoms with Crippen molar-refractivity contribution in [1.29, 1.82) is 0 Å². The molecule has 8 aromatic carbocycles. The van der Waals surface area contributed by atoms with Gasteiger partial charge in [-0.2, -0.15) is 0 Å². The van der Waals surface area contributed by atoms with Crippen molar-refractivity contribution in [1.82, 2.24) is 4.98 Å². The van der Waals surface area contributed by atoms with Crippen molar-refractivity contribution >= 4 is 92.1 Å². The standard InChI is InChI=1S/C49H30N2OS2/c1-3-13-31(14-4-1)33-25-27-35(28-26-33)51(36-18-11-17-34(29-36)32-15-5-2-6-16-32)40-30-44-47(46-38-20-8-10-24-43(38)53-48(40)46)50-49(54-44)39-21-12-23-42-45(39)37-19-7-9-22-41(37)52-42/h1-30H. The van der Waals surface area contributed by atoms with Crippen LogP contribution >= 0.6 is 22.7 Å². The van der Waals surface area contributed by atoms with Gasteiger partial charge >= 0.3 is 0 Å². The number of thiazole rings is 1. The molecule has 0 N–H and O–H groups in total. The minimum Gasteiger partial charge on any atom is -0.456 e. The van der Waals surface area contributed by atoms with Crippen LogP contribution in [0.2, 0.25) is 0 Å². The molecule has 0 radical (unpaired) electrons. The lowest BCUT2D eigenvalue weighted by Crippen LogP contribution is -2.10. The maximum absolute atomic E-state index is 6.30. The van der Waals surface area contributed by atoms with Gasteiger partial charge in [0, 0.05) is 43.2 Å². The topological polar surface area (TPSA) is 29.3 Å². The Kier molecular flexibility index (Phi) is 7.22. The van der Waals surface area contributed by atoms with Gasteiger partial charge in [0.25, 0.3) is 0 Å². The van der Waals surface area contributed by atoms with Gasteiger partial charge in [-0.3, -0.25) is 0 Å². The van der Waals surface area contributed by atoms with Crippen molar-refractivity contribution in [3.8, 4) is 32.8 Å². The first-order valence-electron chi connectivity index (χ1n) is 18.0. The van der Waals surface area contributed by atoms with E-state index in [1.54, 1.807) is 11.3 Å². The minimum atomic E-state index is 0.878. The summed E-state index contributed by atoms with van der Waals surface area (Å²) in [5.41, 5.74) is 12.0. The molecule has 54 heavy (non-hydrogen) atoms. The molecule has 0 atom stereocenters. The average molecular weight is 727 g/mol. The number of aromatic nitrogens is 1. The van der Waals surface area contributed by atoms with Crippen molar-refractivity contribution < 1.29 is 4.42 Å². The van der Waals surface area contributed by atoms with Crippen LogP contribution in [0.5, 0.6) is 0 Å². The predicted octanol–water partition coefficient (Wildman–Crippen LogP) is 15.0. The Labute approximate surface area is 319 Å².